The standard InChI is InChI=1S/C17H21NO3/c1-11(2)16(17(19)20)18-10-12-4-5-14-9-15(21-3)7-6-13(14)8-12/h4-9,11,16,18H,10H2,1-3H3,(H,19,20). The molecule has 2 aromatic carbocycles. The monoisotopic (exact) mass is 287 g/mol. The molecule has 1 unspecified atom stereocenters. The van der Waals surface area contributed by atoms with Gasteiger partial charge in [0, 0.05) is 6.54 Å². The van der Waals surface area contributed by atoms with Gasteiger partial charge in [-0.3, -0.25) is 4.79 Å². The number of hydrogen-bond donors (Lipinski definition) is 2. The van der Waals surface area contributed by atoms with Gasteiger partial charge in [0.15, 0.2) is 0 Å². The van der Waals surface area contributed by atoms with Gasteiger partial charge in [0.1, 0.15) is 11.8 Å². The summed E-state index contributed by atoms with van der Waals surface area (Å²) in [5.41, 5.74) is 1.07. The minimum absolute atomic E-state index is 0.0483. The molecule has 4 heteroatoms. The molecule has 112 valence electrons. The van der Waals surface area contributed by atoms with Gasteiger partial charge in [-0.1, -0.05) is 32.0 Å². The van der Waals surface area contributed by atoms with E-state index in [-0.39, 0.29) is 5.92 Å². The molecule has 0 amide bonds. The molecule has 0 radical (unpaired) electrons. The largest absolute Gasteiger partial charge is 0.497 e. The van der Waals surface area contributed by atoms with Crippen LogP contribution >= 0.6 is 0 Å². The molecule has 0 aliphatic carbocycles. The lowest BCUT2D eigenvalue weighted by atomic mass is 10.0. The number of ether oxygens (including phenoxy) is 1. The van der Waals surface area contributed by atoms with Gasteiger partial charge in [0.2, 0.25) is 0 Å². The Labute approximate surface area is 124 Å². The van der Waals surface area contributed by atoms with E-state index < -0.39 is 12.0 Å². The molecule has 0 aliphatic heterocycles. The smallest absolute Gasteiger partial charge is 0.320 e. The van der Waals surface area contributed by atoms with E-state index in [1.807, 2.05) is 44.2 Å². The average molecular weight is 287 g/mol. The Bertz CT molecular complexity index is 637. The molecule has 0 fully saturated rings. The highest BCUT2D eigenvalue weighted by atomic mass is 16.5. The van der Waals surface area contributed by atoms with Crippen LogP contribution in [0.15, 0.2) is 36.4 Å². The summed E-state index contributed by atoms with van der Waals surface area (Å²) in [5.74, 6) is 0.0712. The summed E-state index contributed by atoms with van der Waals surface area (Å²) < 4.78 is 5.21. The van der Waals surface area contributed by atoms with Crippen molar-refractivity contribution >= 4 is 16.7 Å². The van der Waals surface area contributed by atoms with E-state index in [1.165, 1.54) is 0 Å². The van der Waals surface area contributed by atoms with Crippen LogP contribution in [0.5, 0.6) is 5.75 Å². The summed E-state index contributed by atoms with van der Waals surface area (Å²) in [5, 5.41) is 14.5. The van der Waals surface area contributed by atoms with Crippen molar-refractivity contribution in [3.63, 3.8) is 0 Å². The lowest BCUT2D eigenvalue weighted by Gasteiger charge is -2.18. The van der Waals surface area contributed by atoms with Gasteiger partial charge in [0.05, 0.1) is 7.11 Å². The van der Waals surface area contributed by atoms with E-state index >= 15 is 0 Å². The molecule has 0 aromatic heterocycles. The summed E-state index contributed by atoms with van der Waals surface area (Å²) in [6, 6.07) is 11.5. The molecule has 0 aliphatic rings. The number of carbonyl (C=O) groups is 1. The van der Waals surface area contributed by atoms with Crippen LogP contribution in [0.4, 0.5) is 0 Å². The SMILES string of the molecule is COc1ccc2cc(CNC(C(=O)O)C(C)C)ccc2c1. The summed E-state index contributed by atoms with van der Waals surface area (Å²) in [6.07, 6.45) is 0. The first-order chi connectivity index (χ1) is 10.0. The molecular weight excluding hydrogens is 266 g/mol. The van der Waals surface area contributed by atoms with Crippen LogP contribution in [0, 0.1) is 5.92 Å². The maximum absolute atomic E-state index is 11.2. The first-order valence-electron chi connectivity index (χ1n) is 7.04. The van der Waals surface area contributed by atoms with Crippen LogP contribution in [0.2, 0.25) is 0 Å². The summed E-state index contributed by atoms with van der Waals surface area (Å²) in [4.78, 5) is 11.2. The number of fused-ring (bicyclic) bond motifs is 1. The Morgan fingerprint density at radius 3 is 2.48 bits per heavy atom. The zero-order valence-corrected chi connectivity index (χ0v) is 12.6. The predicted molar refractivity (Wildman–Crippen MR) is 83.6 cm³/mol. The van der Waals surface area contributed by atoms with Gasteiger partial charge in [0.25, 0.3) is 0 Å². The normalized spacial score (nSPS) is 12.6. The average Bonchev–Trinajstić information content (AvgIpc) is 2.46. The Kier molecular flexibility index (Phi) is 4.81. The summed E-state index contributed by atoms with van der Waals surface area (Å²) in [7, 11) is 1.65. The topological polar surface area (TPSA) is 58.6 Å². The van der Waals surface area contributed by atoms with Crippen LogP contribution in [-0.2, 0) is 11.3 Å². The molecule has 2 rings (SSSR count). The minimum atomic E-state index is -0.810. The Balaban J connectivity index is 2.14. The quantitative estimate of drug-likeness (QED) is 0.857. The maximum atomic E-state index is 11.2. The Morgan fingerprint density at radius 1 is 1.19 bits per heavy atom. The van der Waals surface area contributed by atoms with E-state index in [9.17, 15) is 9.90 Å². The summed E-state index contributed by atoms with van der Waals surface area (Å²) in [6.45, 7) is 4.34. The number of benzene rings is 2. The van der Waals surface area contributed by atoms with E-state index in [4.69, 9.17) is 4.74 Å². The zero-order chi connectivity index (χ0) is 15.4. The zero-order valence-electron chi connectivity index (χ0n) is 12.6. The highest BCUT2D eigenvalue weighted by Gasteiger charge is 2.20. The second kappa shape index (κ2) is 6.59. The van der Waals surface area contributed by atoms with Gasteiger partial charge in [-0.2, -0.15) is 0 Å². The first kappa shape index (κ1) is 15.3. The lowest BCUT2D eigenvalue weighted by molar-refractivity contribution is -0.140. The lowest BCUT2D eigenvalue weighted by Crippen LogP contribution is -2.40. The Hall–Kier alpha value is -2.07. The van der Waals surface area contributed by atoms with Crippen LogP contribution in [-0.4, -0.2) is 24.2 Å². The van der Waals surface area contributed by atoms with Crippen molar-refractivity contribution in [3.05, 3.63) is 42.0 Å². The summed E-state index contributed by atoms with van der Waals surface area (Å²) >= 11 is 0. The third-order valence-electron chi connectivity index (χ3n) is 3.57. The second-order valence-corrected chi connectivity index (χ2v) is 5.49. The molecule has 0 spiro atoms. The second-order valence-electron chi connectivity index (χ2n) is 5.49. The van der Waals surface area contributed by atoms with Gasteiger partial charge in [-0.05, 0) is 40.5 Å². The van der Waals surface area contributed by atoms with E-state index in [0.717, 1.165) is 22.1 Å². The van der Waals surface area contributed by atoms with Crippen molar-refractivity contribution in [2.24, 2.45) is 5.92 Å². The maximum Gasteiger partial charge on any atom is 0.320 e. The number of nitrogens with one attached hydrogen (secondary N) is 1. The van der Waals surface area contributed by atoms with E-state index in [0.29, 0.717) is 6.54 Å². The molecule has 1 atom stereocenters. The fourth-order valence-electron chi connectivity index (χ4n) is 2.35. The highest BCUT2D eigenvalue weighted by molar-refractivity contribution is 5.84. The molecule has 0 bridgehead atoms. The van der Waals surface area contributed by atoms with E-state index in [1.54, 1.807) is 7.11 Å². The molecule has 0 heterocycles. The van der Waals surface area contributed by atoms with Gasteiger partial charge < -0.3 is 15.2 Å². The van der Waals surface area contributed by atoms with E-state index in [2.05, 4.69) is 11.4 Å². The van der Waals surface area contributed by atoms with Crippen LogP contribution < -0.4 is 10.1 Å². The van der Waals surface area contributed by atoms with Gasteiger partial charge in [-0.25, -0.2) is 0 Å². The van der Waals surface area contributed by atoms with Crippen LogP contribution in [0.1, 0.15) is 19.4 Å². The number of carboxylic acid groups (broad SMARTS) is 1. The van der Waals surface area contributed by atoms with Crippen LogP contribution in [0.25, 0.3) is 10.8 Å². The predicted octanol–water partition coefficient (Wildman–Crippen LogP) is 3.05. The van der Waals surface area contributed by atoms with Crippen molar-refractivity contribution in [3.8, 4) is 5.75 Å². The van der Waals surface area contributed by atoms with Crippen molar-refractivity contribution in [2.45, 2.75) is 26.4 Å². The van der Waals surface area contributed by atoms with Crippen molar-refractivity contribution in [1.82, 2.24) is 5.32 Å². The number of aliphatic carboxylic acids is 1. The number of carboxylic acids is 1. The number of methoxy groups -OCH3 is 1. The molecule has 4 nitrogen and oxygen atoms in total. The fraction of sp³-hybridized carbons (Fsp3) is 0.353. The van der Waals surface area contributed by atoms with Crippen LogP contribution in [0.3, 0.4) is 0 Å². The Morgan fingerprint density at radius 2 is 1.86 bits per heavy atom. The third kappa shape index (κ3) is 3.73. The molecule has 2 aromatic rings. The first-order valence-corrected chi connectivity index (χ1v) is 7.04. The molecule has 21 heavy (non-hydrogen) atoms. The molecule has 0 saturated carbocycles. The minimum Gasteiger partial charge on any atom is -0.497 e. The van der Waals surface area contributed by atoms with Crippen molar-refractivity contribution in [1.29, 1.82) is 0 Å². The highest BCUT2D eigenvalue weighted by Crippen LogP contribution is 2.22. The molecule has 2 N–H and O–H groups in total. The molecular formula is C17H21NO3. The number of hydrogen-bond acceptors (Lipinski definition) is 3. The van der Waals surface area contributed by atoms with Crippen molar-refractivity contribution < 1.29 is 14.6 Å². The van der Waals surface area contributed by atoms with Crippen molar-refractivity contribution in [2.75, 3.05) is 7.11 Å². The van der Waals surface area contributed by atoms with Gasteiger partial charge in [-0.15, -0.1) is 0 Å². The molecule has 0 saturated heterocycles. The fourth-order valence-corrected chi connectivity index (χ4v) is 2.35. The van der Waals surface area contributed by atoms with Gasteiger partial charge >= 0.3 is 5.97 Å². The third-order valence-corrected chi connectivity index (χ3v) is 3.57. The number of rotatable bonds is 6.